The number of carbonyl (C=O) groups is 2. The molecule has 0 unspecified atom stereocenters. The summed E-state index contributed by atoms with van der Waals surface area (Å²) in [5.74, 6) is -1.78. The Balaban J connectivity index is 1.64. The van der Waals surface area contributed by atoms with Crippen LogP contribution >= 0.6 is 11.3 Å². The van der Waals surface area contributed by atoms with E-state index in [9.17, 15) is 18.4 Å². The van der Waals surface area contributed by atoms with Gasteiger partial charge in [0.2, 0.25) is 5.91 Å². The number of urea groups is 1. The van der Waals surface area contributed by atoms with E-state index in [0.29, 0.717) is 30.3 Å². The number of amides is 3. The van der Waals surface area contributed by atoms with Gasteiger partial charge in [0, 0.05) is 67.9 Å². The maximum Gasteiger partial charge on any atom is 0.337 e. The van der Waals surface area contributed by atoms with Crippen molar-refractivity contribution < 1.29 is 23.1 Å². The van der Waals surface area contributed by atoms with Crippen molar-refractivity contribution in [2.45, 2.75) is 19.4 Å². The van der Waals surface area contributed by atoms with Gasteiger partial charge in [-0.25, -0.2) is 23.5 Å². The SMILES string of the molecule is CNc1ccc(-c2sc3c(c2CN(C)CCOC)CC(=O)N(c2cnccn2)C(=O)N3CCc2c(F)cccc2F)cc1. The molecule has 1 aliphatic heterocycles. The van der Waals surface area contributed by atoms with Crippen LogP contribution in [0.5, 0.6) is 0 Å². The standard InChI is InChI=1S/C31H32F2N6O3S/c1-34-21-9-7-20(8-10-21)29-24(19-37(2)15-16-42-3)23-17-28(40)39(27-18-35-12-13-36-27)31(41)38(30(23)43-29)14-11-22-25(32)5-4-6-26(22)33/h4-10,12-13,18,34H,11,14-17,19H2,1-3H3. The lowest BCUT2D eigenvalue weighted by Crippen LogP contribution is -2.46. The minimum atomic E-state index is -0.693. The number of thiophene rings is 1. The number of methoxy groups -OCH3 is 1. The number of imide groups is 1. The maximum absolute atomic E-state index is 14.6. The molecule has 1 aliphatic rings. The number of nitrogens with one attached hydrogen (secondary N) is 1. The van der Waals surface area contributed by atoms with Gasteiger partial charge < -0.3 is 10.1 Å². The third-order valence-electron chi connectivity index (χ3n) is 7.31. The lowest BCUT2D eigenvalue weighted by molar-refractivity contribution is -0.117. The van der Waals surface area contributed by atoms with Gasteiger partial charge in [-0.3, -0.25) is 19.6 Å². The Kier molecular flexibility index (Phi) is 9.39. The van der Waals surface area contributed by atoms with Crippen molar-refractivity contribution in [2.75, 3.05) is 56.0 Å². The lowest BCUT2D eigenvalue weighted by Gasteiger charge is -2.25. The molecule has 5 rings (SSSR count). The van der Waals surface area contributed by atoms with Crippen molar-refractivity contribution in [1.82, 2.24) is 14.9 Å². The number of nitrogens with zero attached hydrogens (tertiary/aromatic N) is 5. The van der Waals surface area contributed by atoms with E-state index in [1.165, 1.54) is 53.0 Å². The van der Waals surface area contributed by atoms with Crippen molar-refractivity contribution in [1.29, 1.82) is 0 Å². The fraction of sp³-hybridized carbons (Fsp3) is 0.290. The zero-order valence-corrected chi connectivity index (χ0v) is 25.0. The summed E-state index contributed by atoms with van der Waals surface area (Å²) in [6, 6.07) is 10.9. The molecule has 0 fully saturated rings. The van der Waals surface area contributed by atoms with Crippen LogP contribution < -0.4 is 15.1 Å². The number of benzene rings is 2. The molecule has 0 saturated heterocycles. The number of aromatic nitrogens is 2. The summed E-state index contributed by atoms with van der Waals surface area (Å²) in [4.78, 5) is 41.7. The molecule has 4 aromatic rings. The summed E-state index contributed by atoms with van der Waals surface area (Å²) < 4.78 is 34.5. The predicted octanol–water partition coefficient (Wildman–Crippen LogP) is 5.36. The predicted molar refractivity (Wildman–Crippen MR) is 164 cm³/mol. The molecule has 0 saturated carbocycles. The molecule has 1 N–H and O–H groups in total. The van der Waals surface area contributed by atoms with Crippen LogP contribution in [0.4, 0.5) is 30.1 Å². The Morgan fingerprint density at radius 3 is 2.47 bits per heavy atom. The molecule has 3 heterocycles. The van der Waals surface area contributed by atoms with Gasteiger partial charge in [0.1, 0.15) is 16.6 Å². The Hall–Kier alpha value is -4.26. The number of carbonyl (C=O) groups excluding carboxylic acids is 2. The number of halogens is 2. The zero-order chi connectivity index (χ0) is 30.5. The van der Waals surface area contributed by atoms with Crippen LogP contribution in [0.25, 0.3) is 10.4 Å². The van der Waals surface area contributed by atoms with Gasteiger partial charge >= 0.3 is 6.03 Å². The summed E-state index contributed by atoms with van der Waals surface area (Å²) >= 11 is 1.39. The van der Waals surface area contributed by atoms with Gasteiger partial charge in [-0.2, -0.15) is 0 Å². The van der Waals surface area contributed by atoms with E-state index >= 15 is 0 Å². The van der Waals surface area contributed by atoms with E-state index in [1.807, 2.05) is 38.4 Å². The minimum absolute atomic E-state index is 0.0642. The summed E-state index contributed by atoms with van der Waals surface area (Å²) in [5, 5.41) is 3.68. The highest BCUT2D eigenvalue weighted by Crippen LogP contribution is 2.45. The fourth-order valence-corrected chi connectivity index (χ4v) is 6.40. The van der Waals surface area contributed by atoms with Crippen molar-refractivity contribution >= 4 is 39.8 Å². The maximum atomic E-state index is 14.6. The minimum Gasteiger partial charge on any atom is -0.388 e. The lowest BCUT2D eigenvalue weighted by atomic mass is 10.0. The molecule has 2 aromatic carbocycles. The Labute approximate surface area is 252 Å². The molecular formula is C31H32F2N6O3S. The van der Waals surface area contributed by atoms with Gasteiger partial charge in [0.15, 0.2) is 5.82 Å². The first-order valence-electron chi connectivity index (χ1n) is 13.8. The number of rotatable bonds is 11. The average molecular weight is 607 g/mol. The summed E-state index contributed by atoms with van der Waals surface area (Å²) in [6.45, 7) is 1.59. The van der Waals surface area contributed by atoms with E-state index in [-0.39, 0.29) is 30.8 Å². The quantitative estimate of drug-likeness (QED) is 0.246. The molecule has 3 amide bonds. The molecule has 0 radical (unpaired) electrons. The van der Waals surface area contributed by atoms with Crippen LogP contribution in [-0.2, 0) is 28.9 Å². The first kappa shape index (κ1) is 30.2. The topological polar surface area (TPSA) is 90.9 Å². The number of fused-ring (bicyclic) bond motifs is 1. The molecule has 0 bridgehead atoms. The Morgan fingerprint density at radius 1 is 1.07 bits per heavy atom. The Morgan fingerprint density at radius 2 is 1.81 bits per heavy atom. The van der Waals surface area contributed by atoms with Crippen molar-refractivity contribution in [2.24, 2.45) is 0 Å². The first-order chi connectivity index (χ1) is 20.8. The zero-order valence-electron chi connectivity index (χ0n) is 24.1. The fourth-order valence-electron chi connectivity index (χ4n) is 5.04. The van der Waals surface area contributed by atoms with Gasteiger partial charge in [0.25, 0.3) is 0 Å². The van der Waals surface area contributed by atoms with E-state index < -0.39 is 23.6 Å². The van der Waals surface area contributed by atoms with E-state index in [2.05, 4.69) is 20.2 Å². The van der Waals surface area contributed by atoms with Crippen LogP contribution in [0.3, 0.4) is 0 Å². The average Bonchev–Trinajstić information content (AvgIpc) is 3.30. The second kappa shape index (κ2) is 13.4. The molecule has 9 nitrogen and oxygen atoms in total. The van der Waals surface area contributed by atoms with E-state index in [1.54, 1.807) is 7.11 Å². The van der Waals surface area contributed by atoms with E-state index in [4.69, 9.17) is 4.74 Å². The van der Waals surface area contributed by atoms with Crippen LogP contribution in [0.2, 0.25) is 0 Å². The second-order valence-electron chi connectivity index (χ2n) is 10.1. The summed E-state index contributed by atoms with van der Waals surface area (Å²) in [6.07, 6.45) is 4.03. The molecule has 0 atom stereocenters. The molecule has 43 heavy (non-hydrogen) atoms. The van der Waals surface area contributed by atoms with Crippen LogP contribution in [0, 0.1) is 11.6 Å². The van der Waals surface area contributed by atoms with Gasteiger partial charge in [-0.15, -0.1) is 11.3 Å². The van der Waals surface area contributed by atoms with Crippen molar-refractivity contribution in [3.63, 3.8) is 0 Å². The molecule has 224 valence electrons. The van der Waals surface area contributed by atoms with Gasteiger partial charge in [-0.1, -0.05) is 18.2 Å². The van der Waals surface area contributed by atoms with E-state index in [0.717, 1.165) is 26.6 Å². The highest BCUT2D eigenvalue weighted by molar-refractivity contribution is 7.20. The molecule has 0 aliphatic carbocycles. The smallest absolute Gasteiger partial charge is 0.337 e. The number of likely N-dealkylation sites (N-methyl/N-ethyl adjacent to an activating group) is 1. The number of ether oxygens (including phenoxy) is 1. The molecule has 2 aromatic heterocycles. The number of hydrogen-bond acceptors (Lipinski definition) is 8. The number of hydrogen-bond donors (Lipinski definition) is 1. The normalized spacial score (nSPS) is 13.4. The molecular weight excluding hydrogens is 574 g/mol. The molecule has 12 heteroatoms. The van der Waals surface area contributed by atoms with Gasteiger partial charge in [0.05, 0.1) is 19.2 Å². The third kappa shape index (κ3) is 6.41. The summed E-state index contributed by atoms with van der Waals surface area (Å²) in [7, 11) is 5.45. The van der Waals surface area contributed by atoms with Gasteiger partial charge in [-0.05, 0) is 48.9 Å². The summed E-state index contributed by atoms with van der Waals surface area (Å²) in [5.41, 5.74) is 3.34. The Bertz CT molecular complexity index is 1580. The molecule has 0 spiro atoms. The van der Waals surface area contributed by atoms with Crippen LogP contribution in [0.15, 0.2) is 61.1 Å². The van der Waals surface area contributed by atoms with Crippen molar-refractivity contribution in [3.8, 4) is 10.4 Å². The van der Waals surface area contributed by atoms with Crippen molar-refractivity contribution in [3.05, 3.63) is 89.4 Å². The van der Waals surface area contributed by atoms with Crippen LogP contribution in [-0.4, -0.2) is 67.7 Å². The third-order valence-corrected chi connectivity index (χ3v) is 8.65. The van der Waals surface area contributed by atoms with Crippen LogP contribution in [0.1, 0.15) is 16.7 Å². The first-order valence-corrected chi connectivity index (χ1v) is 14.6. The monoisotopic (exact) mass is 606 g/mol. The number of anilines is 3. The highest BCUT2D eigenvalue weighted by Gasteiger charge is 2.38. The highest BCUT2D eigenvalue weighted by atomic mass is 32.1. The second-order valence-corrected chi connectivity index (χ2v) is 11.1. The largest absolute Gasteiger partial charge is 0.388 e.